The van der Waals surface area contributed by atoms with Crippen molar-refractivity contribution in [3.63, 3.8) is 0 Å². The summed E-state index contributed by atoms with van der Waals surface area (Å²) in [4.78, 5) is 19.6. The fourth-order valence-corrected chi connectivity index (χ4v) is 3.68. The van der Waals surface area contributed by atoms with Gasteiger partial charge in [0.2, 0.25) is 5.95 Å². The van der Waals surface area contributed by atoms with E-state index in [2.05, 4.69) is 30.9 Å². The topological polar surface area (TPSA) is 107 Å². The monoisotopic (exact) mass is 397 g/mol. The molecule has 0 aromatic carbocycles. The fourth-order valence-electron chi connectivity index (χ4n) is 3.68. The maximum absolute atomic E-state index is 5.90. The number of piperidine rings is 1. The van der Waals surface area contributed by atoms with Gasteiger partial charge in [-0.2, -0.15) is 0 Å². The third kappa shape index (κ3) is 4.34. The molecule has 0 atom stereocenters. The van der Waals surface area contributed by atoms with Crippen LogP contribution in [0.4, 0.5) is 11.8 Å². The number of aromatic nitrogens is 4. The second-order valence-electron chi connectivity index (χ2n) is 6.83. The summed E-state index contributed by atoms with van der Waals surface area (Å²) in [6.45, 7) is 1.93. The lowest BCUT2D eigenvalue weighted by Gasteiger charge is -2.34. The van der Waals surface area contributed by atoms with Crippen molar-refractivity contribution in [3.05, 3.63) is 36.0 Å². The summed E-state index contributed by atoms with van der Waals surface area (Å²) in [5.41, 5.74) is 13.8. The highest BCUT2D eigenvalue weighted by atomic mass is 35.5. The van der Waals surface area contributed by atoms with E-state index in [-0.39, 0.29) is 24.8 Å². The number of hydrogen-bond donors (Lipinski definition) is 2. The van der Waals surface area contributed by atoms with Crippen LogP contribution in [0.3, 0.4) is 0 Å². The predicted molar refractivity (Wildman–Crippen MR) is 107 cm³/mol. The molecule has 1 saturated heterocycles. The second kappa shape index (κ2) is 8.79. The summed E-state index contributed by atoms with van der Waals surface area (Å²) in [5.74, 6) is 2.33. The van der Waals surface area contributed by atoms with E-state index >= 15 is 0 Å². The summed E-state index contributed by atoms with van der Waals surface area (Å²) in [6.07, 6.45) is 7.59. The minimum absolute atomic E-state index is 0. The molecule has 4 N–H and O–H groups in total. The maximum atomic E-state index is 5.90. The first-order valence-electron chi connectivity index (χ1n) is 8.60. The molecule has 1 saturated carbocycles. The van der Waals surface area contributed by atoms with E-state index in [1.54, 1.807) is 12.5 Å². The molecule has 1 aliphatic heterocycles. The minimum atomic E-state index is 0. The highest BCUT2D eigenvalue weighted by molar-refractivity contribution is 5.85. The standard InChI is InChI=1S/C17H23N7.2ClH/c18-13-7-12(8-13)15-9-16(22-10-21-15)24-5-2-11(3-6-24)14-1-4-20-17(19)23-14;;/h1,4,9-13H,2-3,5-8,18H2,(H2,19,20,23);2*1H. The van der Waals surface area contributed by atoms with Crippen molar-refractivity contribution in [2.75, 3.05) is 23.7 Å². The Balaban J connectivity index is 0.00000121. The molecule has 2 fully saturated rings. The second-order valence-corrected chi connectivity index (χ2v) is 6.83. The van der Waals surface area contributed by atoms with Gasteiger partial charge < -0.3 is 16.4 Å². The van der Waals surface area contributed by atoms with Crippen LogP contribution in [0.5, 0.6) is 0 Å². The SMILES string of the molecule is Cl.Cl.Nc1nccc(C2CCN(c3cc(C4CC(N)C4)ncn3)CC2)n1. The molecule has 2 aromatic rings. The summed E-state index contributed by atoms with van der Waals surface area (Å²) in [7, 11) is 0. The zero-order valence-electron chi connectivity index (χ0n) is 14.5. The number of nitrogen functional groups attached to an aromatic ring is 1. The zero-order valence-corrected chi connectivity index (χ0v) is 16.1. The largest absolute Gasteiger partial charge is 0.368 e. The van der Waals surface area contributed by atoms with Gasteiger partial charge in [0.15, 0.2) is 0 Å². The third-order valence-electron chi connectivity index (χ3n) is 5.20. The molecule has 142 valence electrons. The van der Waals surface area contributed by atoms with Crippen molar-refractivity contribution in [2.24, 2.45) is 5.73 Å². The third-order valence-corrected chi connectivity index (χ3v) is 5.20. The molecule has 0 amide bonds. The molecular formula is C17H25Cl2N7. The van der Waals surface area contributed by atoms with Crippen molar-refractivity contribution in [1.29, 1.82) is 0 Å². The summed E-state index contributed by atoms with van der Waals surface area (Å²) >= 11 is 0. The Labute approximate surface area is 165 Å². The first-order chi connectivity index (χ1) is 11.7. The summed E-state index contributed by atoms with van der Waals surface area (Å²) in [6, 6.07) is 4.45. The molecule has 0 unspecified atom stereocenters. The van der Waals surface area contributed by atoms with Crippen molar-refractivity contribution in [2.45, 2.75) is 43.6 Å². The molecule has 26 heavy (non-hydrogen) atoms. The summed E-state index contributed by atoms with van der Waals surface area (Å²) < 4.78 is 0. The van der Waals surface area contributed by atoms with Crippen LogP contribution in [0, 0.1) is 0 Å². The Morgan fingerprint density at radius 1 is 0.962 bits per heavy atom. The lowest BCUT2D eigenvalue weighted by Crippen LogP contribution is -2.36. The average Bonchev–Trinajstić information content (AvgIpc) is 2.59. The number of hydrogen-bond acceptors (Lipinski definition) is 7. The Morgan fingerprint density at radius 3 is 2.35 bits per heavy atom. The molecule has 2 aromatic heterocycles. The van der Waals surface area contributed by atoms with Gasteiger partial charge in [-0.05, 0) is 31.7 Å². The van der Waals surface area contributed by atoms with Gasteiger partial charge in [0.05, 0.1) is 0 Å². The molecule has 7 nitrogen and oxygen atoms in total. The van der Waals surface area contributed by atoms with E-state index in [1.165, 1.54) is 0 Å². The van der Waals surface area contributed by atoms with Crippen LogP contribution >= 0.6 is 24.8 Å². The lowest BCUT2D eigenvalue weighted by atomic mass is 9.78. The number of nitrogens with zero attached hydrogens (tertiary/aromatic N) is 5. The van der Waals surface area contributed by atoms with Crippen LogP contribution in [-0.4, -0.2) is 39.1 Å². The van der Waals surface area contributed by atoms with E-state index in [9.17, 15) is 0 Å². The van der Waals surface area contributed by atoms with Gasteiger partial charge in [-0.1, -0.05) is 0 Å². The Bertz CT molecular complexity index is 716. The normalized spacial score (nSPS) is 22.7. The maximum Gasteiger partial charge on any atom is 0.220 e. The van der Waals surface area contributed by atoms with E-state index < -0.39 is 0 Å². The Kier molecular flexibility index (Phi) is 6.97. The van der Waals surface area contributed by atoms with Crippen LogP contribution in [0.15, 0.2) is 24.7 Å². The van der Waals surface area contributed by atoms with Gasteiger partial charge in [0, 0.05) is 54.6 Å². The smallest absolute Gasteiger partial charge is 0.220 e. The molecule has 0 radical (unpaired) electrons. The molecule has 9 heteroatoms. The van der Waals surface area contributed by atoms with Crippen LogP contribution < -0.4 is 16.4 Å². The van der Waals surface area contributed by atoms with Gasteiger partial charge in [-0.25, -0.2) is 19.9 Å². The molecule has 0 spiro atoms. The van der Waals surface area contributed by atoms with Gasteiger partial charge in [-0.3, -0.25) is 0 Å². The number of anilines is 2. The number of nitrogens with two attached hydrogens (primary N) is 2. The predicted octanol–water partition coefficient (Wildman–Crippen LogP) is 2.28. The van der Waals surface area contributed by atoms with Crippen LogP contribution in [-0.2, 0) is 0 Å². The van der Waals surface area contributed by atoms with Gasteiger partial charge in [0.25, 0.3) is 0 Å². The lowest BCUT2D eigenvalue weighted by molar-refractivity contribution is 0.345. The van der Waals surface area contributed by atoms with Gasteiger partial charge >= 0.3 is 0 Å². The molecular weight excluding hydrogens is 373 g/mol. The van der Waals surface area contributed by atoms with Gasteiger partial charge in [-0.15, -0.1) is 24.8 Å². The number of rotatable bonds is 3. The van der Waals surface area contributed by atoms with Crippen molar-refractivity contribution in [1.82, 2.24) is 19.9 Å². The van der Waals surface area contributed by atoms with Crippen LogP contribution in [0.25, 0.3) is 0 Å². The highest BCUT2D eigenvalue weighted by Crippen LogP contribution is 2.36. The van der Waals surface area contributed by atoms with Crippen LogP contribution in [0.2, 0.25) is 0 Å². The van der Waals surface area contributed by atoms with Crippen molar-refractivity contribution in [3.8, 4) is 0 Å². The first kappa shape index (κ1) is 20.6. The van der Waals surface area contributed by atoms with E-state index in [1.807, 2.05) is 6.07 Å². The quantitative estimate of drug-likeness (QED) is 0.817. The highest BCUT2D eigenvalue weighted by Gasteiger charge is 2.29. The van der Waals surface area contributed by atoms with Crippen LogP contribution in [0.1, 0.15) is 48.9 Å². The fraction of sp³-hybridized carbons (Fsp3) is 0.529. The van der Waals surface area contributed by atoms with Crippen molar-refractivity contribution >= 4 is 36.6 Å². The average molecular weight is 398 g/mol. The first-order valence-corrected chi connectivity index (χ1v) is 8.60. The molecule has 3 heterocycles. The van der Waals surface area contributed by atoms with Crippen molar-refractivity contribution < 1.29 is 0 Å². The Hall–Kier alpha value is -1.70. The molecule has 2 aliphatic rings. The minimum Gasteiger partial charge on any atom is -0.368 e. The zero-order chi connectivity index (χ0) is 16.5. The number of halogens is 2. The van der Waals surface area contributed by atoms with E-state index in [4.69, 9.17) is 11.5 Å². The molecule has 0 bridgehead atoms. The van der Waals surface area contributed by atoms with E-state index in [0.29, 0.717) is 23.8 Å². The Morgan fingerprint density at radius 2 is 1.69 bits per heavy atom. The molecule has 1 aliphatic carbocycles. The van der Waals surface area contributed by atoms with Gasteiger partial charge in [0.1, 0.15) is 12.1 Å². The van der Waals surface area contributed by atoms with E-state index in [0.717, 1.165) is 56.0 Å². The summed E-state index contributed by atoms with van der Waals surface area (Å²) in [5, 5.41) is 0. The molecule has 4 rings (SSSR count).